The van der Waals surface area contributed by atoms with Crippen LogP contribution < -0.4 is 11.0 Å². The maximum absolute atomic E-state index is 14.7. The number of aliphatic hydroxyl groups is 1. The van der Waals surface area contributed by atoms with Crippen LogP contribution in [-0.4, -0.2) is 79.6 Å². The number of nitrogens with one attached hydrogen (secondary N) is 1. The van der Waals surface area contributed by atoms with Crippen molar-refractivity contribution < 1.29 is 42.3 Å². The fraction of sp³-hybridized carbons (Fsp3) is 0.643. The monoisotopic (exact) mass is 826 g/mol. The quantitative estimate of drug-likeness (QED) is 0.0475. The van der Waals surface area contributed by atoms with Gasteiger partial charge in [0.1, 0.15) is 11.9 Å². The van der Waals surface area contributed by atoms with Crippen LogP contribution in [0.5, 0.6) is 0 Å². The Labute approximate surface area is 339 Å². The van der Waals surface area contributed by atoms with Crippen molar-refractivity contribution in [1.82, 2.24) is 14.5 Å². The summed E-state index contributed by atoms with van der Waals surface area (Å²) in [4.78, 5) is 48.6. The number of hydrogen-bond donors (Lipinski definition) is 4. The van der Waals surface area contributed by atoms with E-state index in [0.29, 0.717) is 11.0 Å². The van der Waals surface area contributed by atoms with Crippen molar-refractivity contribution in [1.29, 1.82) is 0 Å². The second-order valence-electron chi connectivity index (χ2n) is 14.8. The van der Waals surface area contributed by atoms with Gasteiger partial charge in [-0.2, -0.15) is 13.8 Å². The maximum Gasteiger partial charge on any atom is 0.469 e. The number of alkyl halides is 2. The molecule has 1 aromatic heterocycles. The third kappa shape index (κ3) is 21.5. The molecule has 1 aromatic rings. The molecule has 1 aliphatic heterocycles. The highest BCUT2D eigenvalue weighted by atomic mass is 31.2. The highest BCUT2D eigenvalue weighted by Gasteiger charge is 2.60. The molecule has 0 bridgehead atoms. The second-order valence-corrected chi connectivity index (χ2v) is 16.0. The topological polar surface area (TPSA) is 163 Å². The van der Waals surface area contributed by atoms with Crippen LogP contribution in [0.1, 0.15) is 133 Å². The molecule has 324 valence electrons. The fourth-order valence-electron chi connectivity index (χ4n) is 5.87. The van der Waals surface area contributed by atoms with Gasteiger partial charge in [-0.05, 0) is 125 Å². The minimum atomic E-state index is -5.01. The number of unbranched alkanes of at least 4 members (excludes halogenated alkanes) is 1. The summed E-state index contributed by atoms with van der Waals surface area (Å²) in [6.07, 6.45) is 14.4. The number of phosphoric ester groups is 1. The Morgan fingerprint density at radius 2 is 1.33 bits per heavy atom. The molecular weight excluding hydrogens is 757 g/mol. The number of aliphatic hydroxyl groups excluding tert-OH is 1. The lowest BCUT2D eigenvalue weighted by Crippen LogP contribution is -2.42. The maximum atomic E-state index is 14.7. The number of ether oxygens (including phenoxy) is 1. The predicted molar refractivity (Wildman–Crippen MR) is 224 cm³/mol. The van der Waals surface area contributed by atoms with Crippen LogP contribution in [0.3, 0.4) is 0 Å². The zero-order valence-corrected chi connectivity index (χ0v) is 36.5. The van der Waals surface area contributed by atoms with E-state index >= 15 is 0 Å². The lowest BCUT2D eigenvalue weighted by molar-refractivity contribution is -0.140. The molecule has 1 saturated heterocycles. The van der Waals surface area contributed by atoms with E-state index in [-0.39, 0.29) is 12.2 Å². The van der Waals surface area contributed by atoms with Crippen LogP contribution in [0.25, 0.3) is 0 Å². The predicted octanol–water partition coefficient (Wildman–Crippen LogP) is 9.19. The van der Waals surface area contributed by atoms with Gasteiger partial charge in [-0.25, -0.2) is 9.36 Å². The number of carbonyl (C=O) groups excluding carboxylic acids is 1. The van der Waals surface area contributed by atoms with Crippen LogP contribution in [0.15, 0.2) is 75.3 Å². The van der Waals surface area contributed by atoms with Gasteiger partial charge in [0, 0.05) is 12.6 Å². The molecule has 0 aliphatic carbocycles. The molecule has 1 fully saturated rings. The molecule has 0 radical (unpaired) electrons. The number of phosphoric acid groups is 1. The van der Waals surface area contributed by atoms with Gasteiger partial charge in [0.15, 0.2) is 6.10 Å². The molecule has 15 heteroatoms. The number of amides is 1. The van der Waals surface area contributed by atoms with Gasteiger partial charge in [0.05, 0.1) is 6.61 Å². The summed E-state index contributed by atoms with van der Waals surface area (Å²) >= 11 is 0. The number of aromatic nitrogens is 2. The first-order valence-corrected chi connectivity index (χ1v) is 21.6. The number of carbonyl (C=O) groups is 1. The average molecular weight is 827 g/mol. The van der Waals surface area contributed by atoms with E-state index in [1.54, 1.807) is 0 Å². The SMILES string of the molecule is CC(C)=CCC/C(C)=C/CC/C(C)=C/CC/C=C(/C)CC/C=C(\C)CCC(=O)Nc1ccn([C@@H]2O[C@H](COP(=O)(O)O)[C@@H](O)C2(F)F)c(=O)n1.CCN(CC)CC. The lowest BCUT2D eigenvalue weighted by Gasteiger charge is -2.21. The summed E-state index contributed by atoms with van der Waals surface area (Å²) < 4.78 is 49.8. The van der Waals surface area contributed by atoms with Crippen molar-refractivity contribution in [2.75, 3.05) is 31.6 Å². The Bertz CT molecular complexity index is 1640. The molecule has 2 heterocycles. The molecule has 0 aromatic carbocycles. The molecule has 0 spiro atoms. The Balaban J connectivity index is 0.00000211. The summed E-state index contributed by atoms with van der Waals surface area (Å²) in [5, 5.41) is 12.4. The molecule has 4 N–H and O–H groups in total. The van der Waals surface area contributed by atoms with Gasteiger partial charge in [-0.3, -0.25) is 13.9 Å². The standard InChI is InChI=1S/C36H54F2N3O8P.C6H15N/c1-25(2)12-9-15-28(5)18-10-16-26(3)13-7-8-14-27(4)17-11-19-29(6)20-21-32(42)39-31-22-23-41(35(44)40-31)34-36(37,38)33(43)30(49-34)24-48-50(45,46)47;1-4-7(5-2)6-3/h12-14,18-19,22-23,30,33-34,43H,7-11,15-17,20-21,24H2,1-6H3,(H2,45,46,47)(H,39,40,42,44);4-6H2,1-3H3/b26-13+,27-14-,28-18+,29-19+;/t30-,33-,34-;/m1./s1. The Morgan fingerprint density at radius 3 is 1.77 bits per heavy atom. The van der Waals surface area contributed by atoms with E-state index in [1.807, 2.05) is 6.92 Å². The summed E-state index contributed by atoms with van der Waals surface area (Å²) in [7, 11) is -5.01. The molecule has 2 rings (SSSR count). The van der Waals surface area contributed by atoms with E-state index in [1.165, 1.54) is 41.9 Å². The van der Waals surface area contributed by atoms with Gasteiger partial charge >= 0.3 is 19.4 Å². The highest BCUT2D eigenvalue weighted by Crippen LogP contribution is 2.44. The van der Waals surface area contributed by atoms with Crippen LogP contribution >= 0.6 is 7.82 Å². The molecule has 0 unspecified atom stereocenters. The Morgan fingerprint density at radius 1 is 0.860 bits per heavy atom. The second kappa shape index (κ2) is 26.8. The average Bonchev–Trinajstić information content (AvgIpc) is 3.35. The summed E-state index contributed by atoms with van der Waals surface area (Å²) in [6, 6.07) is 1.13. The van der Waals surface area contributed by atoms with Crippen molar-refractivity contribution in [3.8, 4) is 0 Å². The third-order valence-corrected chi connectivity index (χ3v) is 10.0. The van der Waals surface area contributed by atoms with Gasteiger partial charge in [-0.1, -0.05) is 79.0 Å². The highest BCUT2D eigenvalue weighted by molar-refractivity contribution is 7.46. The van der Waals surface area contributed by atoms with Gasteiger partial charge in [-0.15, -0.1) is 0 Å². The Hall–Kier alpha value is -3.10. The zero-order valence-electron chi connectivity index (χ0n) is 35.6. The van der Waals surface area contributed by atoms with Crippen molar-refractivity contribution in [2.45, 2.75) is 151 Å². The molecule has 0 saturated carbocycles. The molecule has 3 atom stereocenters. The van der Waals surface area contributed by atoms with E-state index in [0.717, 1.165) is 69.2 Å². The van der Waals surface area contributed by atoms with E-state index in [2.05, 4.69) is 105 Å². The van der Waals surface area contributed by atoms with E-state index in [4.69, 9.17) is 14.5 Å². The summed E-state index contributed by atoms with van der Waals surface area (Å²) in [5.74, 6) is -4.57. The van der Waals surface area contributed by atoms with Gasteiger partial charge in [0.25, 0.3) is 0 Å². The molecular formula is C42H69F2N4O8P. The molecule has 1 amide bonds. The van der Waals surface area contributed by atoms with E-state index < -0.39 is 50.4 Å². The van der Waals surface area contributed by atoms with Crippen LogP contribution in [0.2, 0.25) is 0 Å². The number of allylic oxidation sites excluding steroid dienone is 10. The lowest BCUT2D eigenvalue weighted by atomic mass is 10.0. The molecule has 12 nitrogen and oxygen atoms in total. The first-order valence-electron chi connectivity index (χ1n) is 20.0. The largest absolute Gasteiger partial charge is 0.469 e. The number of halogens is 2. The Kier molecular flexibility index (Phi) is 24.4. The van der Waals surface area contributed by atoms with E-state index in [9.17, 15) is 28.0 Å². The zero-order chi connectivity index (χ0) is 43.2. The van der Waals surface area contributed by atoms with Crippen molar-refractivity contribution >= 4 is 19.5 Å². The first-order chi connectivity index (χ1) is 26.7. The van der Waals surface area contributed by atoms with Gasteiger partial charge in [0.2, 0.25) is 12.1 Å². The number of hydrogen-bond acceptors (Lipinski definition) is 8. The minimum Gasteiger partial charge on any atom is -0.384 e. The number of rotatable bonds is 23. The molecule has 1 aliphatic rings. The van der Waals surface area contributed by atoms with Gasteiger partial charge < -0.3 is 29.8 Å². The normalized spacial score (nSPS) is 19.0. The van der Waals surface area contributed by atoms with Crippen molar-refractivity contribution in [2.24, 2.45) is 0 Å². The minimum absolute atomic E-state index is 0.121. The van der Waals surface area contributed by atoms with Crippen molar-refractivity contribution in [3.63, 3.8) is 0 Å². The van der Waals surface area contributed by atoms with Crippen molar-refractivity contribution in [3.05, 3.63) is 81.0 Å². The van der Waals surface area contributed by atoms with Crippen LogP contribution in [-0.2, 0) is 18.6 Å². The summed E-state index contributed by atoms with van der Waals surface area (Å²) in [5.41, 5.74) is 5.39. The van der Waals surface area contributed by atoms with Crippen LogP contribution in [0, 0.1) is 0 Å². The first kappa shape index (κ1) is 51.9. The smallest absolute Gasteiger partial charge is 0.384 e. The van der Waals surface area contributed by atoms with Crippen LogP contribution in [0.4, 0.5) is 14.6 Å². The number of nitrogens with zero attached hydrogens (tertiary/aromatic N) is 3. The molecule has 57 heavy (non-hydrogen) atoms. The number of anilines is 1. The summed E-state index contributed by atoms with van der Waals surface area (Å²) in [6.45, 7) is 21.8. The fourth-order valence-corrected chi connectivity index (χ4v) is 6.21. The third-order valence-electron chi connectivity index (χ3n) is 9.53.